The van der Waals surface area contributed by atoms with Gasteiger partial charge in [0.05, 0.1) is 5.56 Å². The van der Waals surface area contributed by atoms with E-state index in [4.69, 9.17) is 9.84 Å². The first-order valence-corrected chi connectivity index (χ1v) is 6.03. The van der Waals surface area contributed by atoms with Crippen molar-refractivity contribution in [2.75, 3.05) is 0 Å². The number of esters is 1. The molecule has 0 spiro atoms. The predicted octanol–water partition coefficient (Wildman–Crippen LogP) is 3.14. The summed E-state index contributed by atoms with van der Waals surface area (Å²) in [6.07, 6.45) is 2.70. The number of benzene rings is 2. The summed E-state index contributed by atoms with van der Waals surface area (Å²) < 4.78 is 17.7. The van der Waals surface area contributed by atoms with Gasteiger partial charge in [-0.3, -0.25) is 0 Å². The van der Waals surface area contributed by atoms with Gasteiger partial charge in [0, 0.05) is 6.08 Å². The molecule has 0 aliphatic rings. The van der Waals surface area contributed by atoms with Crippen molar-refractivity contribution in [2.24, 2.45) is 0 Å². The second-order valence-corrected chi connectivity index (χ2v) is 4.14. The predicted molar refractivity (Wildman–Crippen MR) is 74.5 cm³/mol. The van der Waals surface area contributed by atoms with Gasteiger partial charge in [0.25, 0.3) is 0 Å². The number of hydrogen-bond donors (Lipinski definition) is 1. The quantitative estimate of drug-likeness (QED) is 0.533. The van der Waals surface area contributed by atoms with Crippen LogP contribution >= 0.6 is 0 Å². The standard InChI is InChI=1S/C16H11FO4/c17-13-6-8-14(9-7-13)21-15(18)10-3-11-1-4-12(5-2-11)16(19)20/h1-10H,(H,19,20)/b10-3+. The highest BCUT2D eigenvalue weighted by Crippen LogP contribution is 2.12. The summed E-state index contributed by atoms with van der Waals surface area (Å²) in [5, 5.41) is 8.76. The van der Waals surface area contributed by atoms with Gasteiger partial charge in [-0.2, -0.15) is 0 Å². The Morgan fingerprint density at radius 2 is 1.62 bits per heavy atom. The third-order valence-electron chi connectivity index (χ3n) is 2.60. The summed E-state index contributed by atoms with van der Waals surface area (Å²) in [6, 6.07) is 11.1. The average molecular weight is 286 g/mol. The number of ether oxygens (including phenoxy) is 1. The highest BCUT2D eigenvalue weighted by atomic mass is 19.1. The van der Waals surface area contributed by atoms with Gasteiger partial charge in [-0.25, -0.2) is 14.0 Å². The Labute approximate surface area is 120 Å². The van der Waals surface area contributed by atoms with Crippen LogP contribution in [0.5, 0.6) is 5.75 Å². The summed E-state index contributed by atoms with van der Waals surface area (Å²) >= 11 is 0. The Morgan fingerprint density at radius 1 is 1.00 bits per heavy atom. The summed E-state index contributed by atoms with van der Waals surface area (Å²) in [4.78, 5) is 22.2. The Bertz CT molecular complexity index is 672. The second kappa shape index (κ2) is 6.47. The highest BCUT2D eigenvalue weighted by Gasteiger charge is 2.02. The number of hydrogen-bond acceptors (Lipinski definition) is 3. The van der Waals surface area contributed by atoms with Crippen LogP contribution in [0.3, 0.4) is 0 Å². The van der Waals surface area contributed by atoms with E-state index in [0.717, 1.165) is 0 Å². The fraction of sp³-hybridized carbons (Fsp3) is 0. The molecule has 0 atom stereocenters. The molecule has 4 nitrogen and oxygen atoms in total. The van der Waals surface area contributed by atoms with E-state index < -0.39 is 17.8 Å². The zero-order valence-electron chi connectivity index (χ0n) is 10.8. The topological polar surface area (TPSA) is 63.6 Å². The molecule has 106 valence electrons. The van der Waals surface area contributed by atoms with Crippen molar-refractivity contribution < 1.29 is 23.8 Å². The van der Waals surface area contributed by atoms with Gasteiger partial charge in [0.2, 0.25) is 0 Å². The fourth-order valence-corrected chi connectivity index (χ4v) is 1.55. The summed E-state index contributed by atoms with van der Waals surface area (Å²) in [5.41, 5.74) is 0.831. The zero-order valence-corrected chi connectivity index (χ0v) is 10.8. The maximum Gasteiger partial charge on any atom is 0.336 e. The molecule has 0 aliphatic heterocycles. The number of rotatable bonds is 4. The number of carbonyl (C=O) groups is 2. The Hall–Kier alpha value is -2.95. The van der Waals surface area contributed by atoms with E-state index >= 15 is 0 Å². The Balaban J connectivity index is 1.98. The summed E-state index contributed by atoms with van der Waals surface area (Å²) in [6.45, 7) is 0. The number of carboxylic acids is 1. The van der Waals surface area contributed by atoms with Gasteiger partial charge in [-0.1, -0.05) is 12.1 Å². The van der Waals surface area contributed by atoms with Crippen molar-refractivity contribution in [2.45, 2.75) is 0 Å². The number of carbonyl (C=O) groups excluding carboxylic acids is 1. The molecule has 0 saturated heterocycles. The smallest absolute Gasteiger partial charge is 0.336 e. The molecule has 2 aromatic carbocycles. The minimum absolute atomic E-state index is 0.168. The molecule has 0 amide bonds. The van der Waals surface area contributed by atoms with Crippen molar-refractivity contribution in [3.63, 3.8) is 0 Å². The van der Waals surface area contributed by atoms with Gasteiger partial charge >= 0.3 is 11.9 Å². The third kappa shape index (κ3) is 4.28. The molecule has 0 radical (unpaired) electrons. The van der Waals surface area contributed by atoms with Crippen LogP contribution in [0.15, 0.2) is 54.6 Å². The lowest BCUT2D eigenvalue weighted by Crippen LogP contribution is -2.03. The van der Waals surface area contributed by atoms with Crippen LogP contribution in [-0.4, -0.2) is 17.0 Å². The van der Waals surface area contributed by atoms with Gasteiger partial charge in [-0.05, 0) is 48.0 Å². The van der Waals surface area contributed by atoms with E-state index in [2.05, 4.69) is 0 Å². The molecule has 5 heteroatoms. The minimum atomic E-state index is -1.01. The summed E-state index contributed by atoms with van der Waals surface area (Å²) in [7, 11) is 0. The van der Waals surface area contributed by atoms with E-state index in [-0.39, 0.29) is 11.3 Å². The second-order valence-electron chi connectivity index (χ2n) is 4.14. The van der Waals surface area contributed by atoms with Crippen molar-refractivity contribution in [1.82, 2.24) is 0 Å². The van der Waals surface area contributed by atoms with Gasteiger partial charge in [0.1, 0.15) is 11.6 Å². The van der Waals surface area contributed by atoms with E-state index in [1.807, 2.05) is 0 Å². The molecule has 0 aromatic heterocycles. The van der Waals surface area contributed by atoms with Crippen LogP contribution in [0.25, 0.3) is 6.08 Å². The molecule has 0 fully saturated rings. The third-order valence-corrected chi connectivity index (χ3v) is 2.60. The SMILES string of the molecule is O=C(/C=C/c1ccc(C(=O)O)cc1)Oc1ccc(F)cc1. The van der Waals surface area contributed by atoms with Crippen molar-refractivity contribution in [1.29, 1.82) is 0 Å². The molecular weight excluding hydrogens is 275 g/mol. The van der Waals surface area contributed by atoms with E-state index in [1.165, 1.54) is 48.6 Å². The van der Waals surface area contributed by atoms with E-state index in [9.17, 15) is 14.0 Å². The van der Waals surface area contributed by atoms with Crippen LogP contribution in [0, 0.1) is 5.82 Å². The fourth-order valence-electron chi connectivity index (χ4n) is 1.55. The maximum atomic E-state index is 12.7. The van der Waals surface area contributed by atoms with Crippen molar-refractivity contribution in [3.05, 3.63) is 71.6 Å². The highest BCUT2D eigenvalue weighted by molar-refractivity contribution is 5.90. The van der Waals surface area contributed by atoms with E-state index in [1.54, 1.807) is 12.1 Å². The normalized spacial score (nSPS) is 10.5. The average Bonchev–Trinajstić information content (AvgIpc) is 2.48. The van der Waals surface area contributed by atoms with Crippen LogP contribution in [0.2, 0.25) is 0 Å². The number of carboxylic acid groups (broad SMARTS) is 1. The molecule has 1 N–H and O–H groups in total. The molecule has 2 rings (SSSR count). The van der Waals surface area contributed by atoms with Crippen molar-refractivity contribution >= 4 is 18.0 Å². The first-order valence-electron chi connectivity index (χ1n) is 6.03. The Kier molecular flexibility index (Phi) is 4.46. The summed E-state index contributed by atoms with van der Waals surface area (Å²) in [5.74, 6) is -1.79. The van der Waals surface area contributed by atoms with Gasteiger partial charge in [-0.15, -0.1) is 0 Å². The van der Waals surface area contributed by atoms with E-state index in [0.29, 0.717) is 5.56 Å². The molecule has 21 heavy (non-hydrogen) atoms. The molecule has 0 aliphatic carbocycles. The lowest BCUT2D eigenvalue weighted by molar-refractivity contribution is -0.128. The number of aromatic carboxylic acids is 1. The first-order chi connectivity index (χ1) is 10.0. The van der Waals surface area contributed by atoms with Gasteiger partial charge < -0.3 is 9.84 Å². The molecule has 0 bridgehead atoms. The van der Waals surface area contributed by atoms with Crippen LogP contribution in [0.4, 0.5) is 4.39 Å². The van der Waals surface area contributed by atoms with Crippen LogP contribution in [-0.2, 0) is 4.79 Å². The number of halogens is 1. The molecule has 0 heterocycles. The molecule has 0 saturated carbocycles. The zero-order chi connectivity index (χ0) is 15.2. The lowest BCUT2D eigenvalue weighted by Gasteiger charge is -2.00. The maximum absolute atomic E-state index is 12.7. The molecule has 2 aromatic rings. The lowest BCUT2D eigenvalue weighted by atomic mass is 10.1. The largest absolute Gasteiger partial charge is 0.478 e. The Morgan fingerprint density at radius 3 is 2.19 bits per heavy atom. The van der Waals surface area contributed by atoms with Gasteiger partial charge in [0.15, 0.2) is 0 Å². The van der Waals surface area contributed by atoms with Crippen molar-refractivity contribution in [3.8, 4) is 5.75 Å². The van der Waals surface area contributed by atoms with Crippen LogP contribution < -0.4 is 4.74 Å². The molecule has 0 unspecified atom stereocenters. The van der Waals surface area contributed by atoms with Crippen LogP contribution in [0.1, 0.15) is 15.9 Å². The monoisotopic (exact) mass is 286 g/mol. The first kappa shape index (κ1) is 14.5. The molecular formula is C16H11FO4. The minimum Gasteiger partial charge on any atom is -0.478 e.